The van der Waals surface area contributed by atoms with Gasteiger partial charge in [0.25, 0.3) is 0 Å². The Morgan fingerprint density at radius 3 is 2.28 bits per heavy atom. The van der Waals surface area contributed by atoms with Crippen molar-refractivity contribution in [3.05, 3.63) is 0 Å². The molecule has 2 heterocycles. The molecule has 7 heteroatoms. The molecule has 0 aromatic rings. The zero-order valence-corrected chi connectivity index (χ0v) is 15.0. The Balaban J connectivity index is 1.54. The van der Waals surface area contributed by atoms with E-state index in [-0.39, 0.29) is 29.7 Å². The van der Waals surface area contributed by atoms with E-state index in [0.29, 0.717) is 38.8 Å². The van der Waals surface area contributed by atoms with Crippen molar-refractivity contribution in [1.82, 2.24) is 15.1 Å². The predicted molar refractivity (Wildman–Crippen MR) is 91.8 cm³/mol. The number of nitrogens with one attached hydrogen (secondary N) is 1. The van der Waals surface area contributed by atoms with Crippen molar-refractivity contribution in [3.8, 4) is 0 Å². The molecule has 2 atom stereocenters. The van der Waals surface area contributed by atoms with E-state index in [2.05, 4.69) is 5.32 Å². The summed E-state index contributed by atoms with van der Waals surface area (Å²) < 4.78 is 5.11. The number of likely N-dealkylation sites (tertiary alicyclic amines) is 2. The first-order valence-corrected chi connectivity index (χ1v) is 9.59. The van der Waals surface area contributed by atoms with Gasteiger partial charge < -0.3 is 19.9 Å². The molecule has 0 spiro atoms. The number of carbonyl (C=O) groups is 3. The second-order valence-electron chi connectivity index (χ2n) is 7.38. The molecule has 2 unspecified atom stereocenters. The maximum absolute atomic E-state index is 12.9. The van der Waals surface area contributed by atoms with Crippen LogP contribution in [0.1, 0.15) is 45.4 Å². The Morgan fingerprint density at radius 1 is 0.960 bits per heavy atom. The number of urea groups is 1. The predicted octanol–water partition coefficient (Wildman–Crippen LogP) is 1.37. The SMILES string of the molecule is CCOC(=O)C1CCCN(C(=O)C2CCCN(C(=O)NC3CC3)C2)C1. The molecule has 25 heavy (non-hydrogen) atoms. The summed E-state index contributed by atoms with van der Waals surface area (Å²) in [6.07, 6.45) is 5.39. The Hall–Kier alpha value is -1.79. The largest absolute Gasteiger partial charge is 0.466 e. The van der Waals surface area contributed by atoms with Gasteiger partial charge in [-0.05, 0) is 45.4 Å². The number of esters is 1. The maximum atomic E-state index is 12.9. The van der Waals surface area contributed by atoms with E-state index in [0.717, 1.165) is 38.5 Å². The number of nitrogens with zero attached hydrogens (tertiary/aromatic N) is 2. The van der Waals surface area contributed by atoms with E-state index >= 15 is 0 Å². The molecule has 2 saturated heterocycles. The van der Waals surface area contributed by atoms with Crippen LogP contribution in [-0.2, 0) is 14.3 Å². The minimum Gasteiger partial charge on any atom is -0.466 e. The second kappa shape index (κ2) is 8.06. The molecule has 3 aliphatic rings. The summed E-state index contributed by atoms with van der Waals surface area (Å²) in [5, 5.41) is 3.00. The van der Waals surface area contributed by atoms with Crippen molar-refractivity contribution in [2.45, 2.75) is 51.5 Å². The van der Waals surface area contributed by atoms with Gasteiger partial charge in [-0.2, -0.15) is 0 Å². The third-order valence-electron chi connectivity index (χ3n) is 5.32. The van der Waals surface area contributed by atoms with Crippen LogP contribution in [0.25, 0.3) is 0 Å². The highest BCUT2D eigenvalue weighted by Gasteiger charge is 2.36. The van der Waals surface area contributed by atoms with Crippen LogP contribution >= 0.6 is 0 Å². The second-order valence-corrected chi connectivity index (χ2v) is 7.38. The zero-order valence-electron chi connectivity index (χ0n) is 15.0. The molecular weight excluding hydrogens is 322 g/mol. The van der Waals surface area contributed by atoms with Gasteiger partial charge in [-0.15, -0.1) is 0 Å². The molecule has 0 aromatic heterocycles. The summed E-state index contributed by atoms with van der Waals surface area (Å²) in [6, 6.07) is 0.291. The van der Waals surface area contributed by atoms with Crippen molar-refractivity contribution < 1.29 is 19.1 Å². The van der Waals surface area contributed by atoms with Crippen LogP contribution < -0.4 is 5.32 Å². The van der Waals surface area contributed by atoms with Gasteiger partial charge in [-0.1, -0.05) is 0 Å². The maximum Gasteiger partial charge on any atom is 0.317 e. The zero-order chi connectivity index (χ0) is 17.8. The Labute approximate surface area is 149 Å². The molecule has 1 saturated carbocycles. The number of ether oxygens (including phenoxy) is 1. The summed E-state index contributed by atoms with van der Waals surface area (Å²) in [6.45, 7) is 4.51. The van der Waals surface area contributed by atoms with E-state index in [4.69, 9.17) is 4.74 Å². The van der Waals surface area contributed by atoms with Gasteiger partial charge in [0.05, 0.1) is 18.4 Å². The van der Waals surface area contributed by atoms with Crippen molar-refractivity contribution in [3.63, 3.8) is 0 Å². The first-order valence-electron chi connectivity index (χ1n) is 9.59. The first kappa shape index (κ1) is 18.0. The van der Waals surface area contributed by atoms with E-state index < -0.39 is 0 Å². The van der Waals surface area contributed by atoms with E-state index in [9.17, 15) is 14.4 Å². The summed E-state index contributed by atoms with van der Waals surface area (Å²) in [5.74, 6) is -0.484. The van der Waals surface area contributed by atoms with Crippen LogP contribution in [0.4, 0.5) is 4.79 Å². The molecule has 0 radical (unpaired) electrons. The lowest BCUT2D eigenvalue weighted by atomic mass is 9.93. The molecule has 1 aliphatic carbocycles. The van der Waals surface area contributed by atoms with Crippen molar-refractivity contribution in [2.24, 2.45) is 11.8 Å². The third kappa shape index (κ3) is 4.64. The number of hydrogen-bond acceptors (Lipinski definition) is 4. The Kier molecular flexibility index (Phi) is 5.81. The topological polar surface area (TPSA) is 79.0 Å². The minimum atomic E-state index is -0.212. The van der Waals surface area contributed by atoms with Crippen LogP contribution in [0.5, 0.6) is 0 Å². The standard InChI is InChI=1S/C18H29N3O4/c1-2-25-17(23)14-6-4-9-20(12-14)16(22)13-5-3-10-21(11-13)18(24)19-15-7-8-15/h13-15H,2-12H2,1H3,(H,19,24). The van der Waals surface area contributed by atoms with Crippen LogP contribution in [0.2, 0.25) is 0 Å². The number of hydrogen-bond donors (Lipinski definition) is 1. The molecule has 0 bridgehead atoms. The molecule has 3 fully saturated rings. The highest BCUT2D eigenvalue weighted by molar-refractivity contribution is 5.82. The smallest absolute Gasteiger partial charge is 0.317 e. The number of amides is 3. The van der Waals surface area contributed by atoms with Gasteiger partial charge in [-0.3, -0.25) is 9.59 Å². The summed E-state index contributed by atoms with van der Waals surface area (Å²) in [5.41, 5.74) is 0. The monoisotopic (exact) mass is 351 g/mol. The Bertz CT molecular complexity index is 520. The lowest BCUT2D eigenvalue weighted by Crippen LogP contribution is -2.52. The quantitative estimate of drug-likeness (QED) is 0.776. The lowest BCUT2D eigenvalue weighted by Gasteiger charge is -2.37. The van der Waals surface area contributed by atoms with Crippen LogP contribution in [0.3, 0.4) is 0 Å². The Morgan fingerprint density at radius 2 is 1.60 bits per heavy atom. The van der Waals surface area contributed by atoms with Crippen molar-refractivity contribution >= 4 is 17.9 Å². The molecule has 0 aromatic carbocycles. The molecule has 3 rings (SSSR count). The lowest BCUT2D eigenvalue weighted by molar-refractivity contribution is -0.152. The van der Waals surface area contributed by atoms with Crippen molar-refractivity contribution in [1.29, 1.82) is 0 Å². The van der Waals surface area contributed by atoms with Crippen molar-refractivity contribution in [2.75, 3.05) is 32.8 Å². The number of piperidine rings is 2. The average molecular weight is 351 g/mol. The highest BCUT2D eigenvalue weighted by Crippen LogP contribution is 2.25. The molecule has 2 aliphatic heterocycles. The minimum absolute atomic E-state index is 0.0388. The fraction of sp³-hybridized carbons (Fsp3) is 0.833. The molecular formula is C18H29N3O4. The number of carbonyl (C=O) groups excluding carboxylic acids is 3. The van der Waals surface area contributed by atoms with Crippen LogP contribution in [0.15, 0.2) is 0 Å². The molecule has 140 valence electrons. The van der Waals surface area contributed by atoms with Crippen LogP contribution in [0, 0.1) is 11.8 Å². The molecule has 7 nitrogen and oxygen atoms in total. The van der Waals surface area contributed by atoms with Gasteiger partial charge in [0.2, 0.25) is 5.91 Å². The fourth-order valence-electron chi connectivity index (χ4n) is 3.74. The summed E-state index contributed by atoms with van der Waals surface area (Å²) in [4.78, 5) is 40.7. The van der Waals surface area contributed by atoms with E-state index in [1.165, 1.54) is 0 Å². The summed E-state index contributed by atoms with van der Waals surface area (Å²) >= 11 is 0. The van der Waals surface area contributed by atoms with Gasteiger partial charge in [0.1, 0.15) is 0 Å². The van der Waals surface area contributed by atoms with E-state index in [1.807, 2.05) is 0 Å². The van der Waals surface area contributed by atoms with Gasteiger partial charge >= 0.3 is 12.0 Å². The third-order valence-corrected chi connectivity index (χ3v) is 5.32. The van der Waals surface area contributed by atoms with Crippen LogP contribution in [-0.4, -0.2) is 66.5 Å². The molecule has 3 amide bonds. The fourth-order valence-corrected chi connectivity index (χ4v) is 3.74. The first-order chi connectivity index (χ1) is 12.1. The highest BCUT2D eigenvalue weighted by atomic mass is 16.5. The molecule has 1 N–H and O–H groups in total. The van der Waals surface area contributed by atoms with E-state index in [1.54, 1.807) is 16.7 Å². The number of rotatable bonds is 4. The summed E-state index contributed by atoms with van der Waals surface area (Å²) in [7, 11) is 0. The average Bonchev–Trinajstić information content (AvgIpc) is 3.45. The van der Waals surface area contributed by atoms with Gasteiger partial charge in [0, 0.05) is 32.2 Å². The van der Waals surface area contributed by atoms with Gasteiger partial charge in [-0.25, -0.2) is 4.79 Å². The normalized spacial score (nSPS) is 26.9. The van der Waals surface area contributed by atoms with Gasteiger partial charge in [0.15, 0.2) is 0 Å².